The number of hydrogen-bond donors (Lipinski definition) is 0. The van der Waals surface area contributed by atoms with Crippen LogP contribution in [0, 0.1) is 0 Å². The molecule has 0 unspecified atom stereocenters. The second-order valence-electron chi connectivity index (χ2n) is 2.24. The number of benzene rings is 1. The van der Waals surface area contributed by atoms with Crippen LogP contribution >= 0.6 is 27.7 Å². The van der Waals surface area contributed by atoms with Gasteiger partial charge in [-0.2, -0.15) is 0 Å². The Kier molecular flexibility index (Phi) is 3.63. The van der Waals surface area contributed by atoms with Crippen LogP contribution in [-0.4, -0.2) is 0 Å². The van der Waals surface area contributed by atoms with Crippen LogP contribution < -0.4 is 0 Å². The summed E-state index contributed by atoms with van der Waals surface area (Å²) in [7, 11) is 0. The number of allylic oxidation sites excluding steroid dienone is 1. The minimum Gasteiger partial charge on any atom is -0.0896 e. The van der Waals surface area contributed by atoms with Crippen molar-refractivity contribution in [2.45, 2.75) is 4.90 Å². The lowest BCUT2D eigenvalue weighted by atomic mass is 10.4. The molecule has 0 aliphatic carbocycles. The monoisotopic (exact) mass is 240 g/mol. The highest BCUT2D eigenvalue weighted by molar-refractivity contribution is 9.12. The van der Waals surface area contributed by atoms with Crippen LogP contribution in [0.2, 0.25) is 0 Å². The highest BCUT2D eigenvalue weighted by atomic mass is 79.9. The first-order valence-corrected chi connectivity index (χ1v) is 5.07. The maximum atomic E-state index is 3.87. The van der Waals surface area contributed by atoms with Gasteiger partial charge in [-0.15, -0.1) is 0 Å². The van der Waals surface area contributed by atoms with Gasteiger partial charge in [0.2, 0.25) is 0 Å². The van der Waals surface area contributed by atoms with E-state index in [-0.39, 0.29) is 0 Å². The third-order valence-corrected chi connectivity index (χ3v) is 3.03. The van der Waals surface area contributed by atoms with E-state index in [0.29, 0.717) is 0 Å². The molecule has 1 rings (SSSR count). The summed E-state index contributed by atoms with van der Waals surface area (Å²) in [6.45, 7) is 7.61. The minimum absolute atomic E-state index is 0.844. The highest BCUT2D eigenvalue weighted by Gasteiger charge is 1.98. The molecule has 0 saturated carbocycles. The molecule has 0 amide bonds. The first-order valence-electron chi connectivity index (χ1n) is 3.47. The molecule has 1 aromatic carbocycles. The van der Waals surface area contributed by atoms with Crippen molar-refractivity contribution < 1.29 is 0 Å². The zero-order valence-electron chi connectivity index (χ0n) is 6.59. The minimum atomic E-state index is 0.844. The summed E-state index contributed by atoms with van der Waals surface area (Å²) in [6, 6.07) is 10.1. The van der Waals surface area contributed by atoms with Crippen LogP contribution in [0.15, 0.2) is 57.8 Å². The number of thioether (sulfide) groups is 1. The topological polar surface area (TPSA) is 0 Å². The number of halogens is 1. The predicted octanol–water partition coefficient (Wildman–Crippen LogP) is 4.20. The zero-order valence-corrected chi connectivity index (χ0v) is 8.99. The summed E-state index contributed by atoms with van der Waals surface area (Å²) < 4.78 is 0.844. The lowest BCUT2D eigenvalue weighted by molar-refractivity contribution is 1.47. The van der Waals surface area contributed by atoms with Crippen molar-refractivity contribution in [1.29, 1.82) is 0 Å². The average molecular weight is 241 g/mol. The van der Waals surface area contributed by atoms with Crippen molar-refractivity contribution in [1.82, 2.24) is 0 Å². The standard InChI is InChI=1S/C10H9BrS/c1-8(11)9(2)12-10-6-4-3-5-7-10/h3-7H,1-2H2. The van der Waals surface area contributed by atoms with E-state index in [1.54, 1.807) is 11.8 Å². The van der Waals surface area contributed by atoms with Gasteiger partial charge in [0.1, 0.15) is 0 Å². The molecular formula is C10H9BrS. The first kappa shape index (κ1) is 9.62. The molecule has 0 saturated heterocycles. The van der Waals surface area contributed by atoms with E-state index >= 15 is 0 Å². The van der Waals surface area contributed by atoms with E-state index < -0.39 is 0 Å². The smallest absolute Gasteiger partial charge is 0.0237 e. The van der Waals surface area contributed by atoms with Crippen molar-refractivity contribution in [3.8, 4) is 0 Å². The summed E-state index contributed by atoms with van der Waals surface area (Å²) in [5, 5.41) is 0. The fourth-order valence-corrected chi connectivity index (χ4v) is 1.62. The quantitative estimate of drug-likeness (QED) is 0.564. The lowest BCUT2D eigenvalue weighted by Gasteiger charge is -2.01. The molecule has 0 aromatic heterocycles. The normalized spacial score (nSPS) is 9.42. The van der Waals surface area contributed by atoms with Crippen LogP contribution in [0.3, 0.4) is 0 Å². The van der Waals surface area contributed by atoms with Crippen LogP contribution in [0.5, 0.6) is 0 Å². The molecule has 0 N–H and O–H groups in total. The fraction of sp³-hybridized carbons (Fsp3) is 0. The molecule has 2 heteroatoms. The molecule has 0 aliphatic heterocycles. The van der Waals surface area contributed by atoms with Gasteiger partial charge in [0.05, 0.1) is 0 Å². The number of hydrogen-bond acceptors (Lipinski definition) is 1. The van der Waals surface area contributed by atoms with Gasteiger partial charge in [0, 0.05) is 14.3 Å². The van der Waals surface area contributed by atoms with Crippen molar-refractivity contribution in [3.05, 3.63) is 52.9 Å². The Hall–Kier alpha value is -0.470. The summed E-state index contributed by atoms with van der Waals surface area (Å²) in [6.07, 6.45) is 0. The van der Waals surface area contributed by atoms with E-state index in [9.17, 15) is 0 Å². The summed E-state index contributed by atoms with van der Waals surface area (Å²) in [4.78, 5) is 2.13. The Labute approximate surface area is 85.5 Å². The zero-order chi connectivity index (χ0) is 8.97. The van der Waals surface area contributed by atoms with Crippen molar-refractivity contribution in [2.24, 2.45) is 0 Å². The molecule has 0 fully saturated rings. The Bertz CT molecular complexity index is 290. The molecule has 0 aliphatic rings. The molecule has 0 nitrogen and oxygen atoms in total. The summed E-state index contributed by atoms with van der Waals surface area (Å²) in [5.41, 5.74) is 0. The predicted molar refractivity (Wildman–Crippen MR) is 59.5 cm³/mol. The molecule has 62 valence electrons. The molecule has 1 aromatic rings. The number of rotatable bonds is 3. The summed E-state index contributed by atoms with van der Waals surface area (Å²) >= 11 is 4.89. The van der Waals surface area contributed by atoms with Gasteiger partial charge in [-0.05, 0) is 12.1 Å². The van der Waals surface area contributed by atoms with Gasteiger partial charge in [-0.25, -0.2) is 0 Å². The molecule has 0 spiro atoms. The third-order valence-electron chi connectivity index (χ3n) is 1.29. The molecule has 0 atom stereocenters. The van der Waals surface area contributed by atoms with E-state index in [4.69, 9.17) is 0 Å². The molecule has 0 heterocycles. The average Bonchev–Trinajstić information content (AvgIpc) is 2.06. The highest BCUT2D eigenvalue weighted by Crippen LogP contribution is 2.31. The second kappa shape index (κ2) is 4.53. The second-order valence-corrected chi connectivity index (χ2v) is 4.37. The van der Waals surface area contributed by atoms with Crippen LogP contribution in [0.4, 0.5) is 0 Å². The van der Waals surface area contributed by atoms with Gasteiger partial charge in [-0.3, -0.25) is 0 Å². The van der Waals surface area contributed by atoms with E-state index in [1.165, 1.54) is 4.90 Å². The molecule has 0 bridgehead atoms. The van der Waals surface area contributed by atoms with Gasteiger partial charge >= 0.3 is 0 Å². The van der Waals surface area contributed by atoms with E-state index in [1.807, 2.05) is 30.3 Å². The summed E-state index contributed by atoms with van der Waals surface area (Å²) in [5.74, 6) is 0. The first-order chi connectivity index (χ1) is 5.70. The van der Waals surface area contributed by atoms with E-state index in [2.05, 4.69) is 29.1 Å². The maximum Gasteiger partial charge on any atom is 0.0237 e. The Morgan fingerprint density at radius 1 is 1.17 bits per heavy atom. The van der Waals surface area contributed by atoms with Crippen LogP contribution in [-0.2, 0) is 0 Å². The van der Waals surface area contributed by atoms with Crippen molar-refractivity contribution in [2.75, 3.05) is 0 Å². The van der Waals surface area contributed by atoms with E-state index in [0.717, 1.165) is 9.39 Å². The van der Waals surface area contributed by atoms with Gasteiger partial charge in [-0.1, -0.05) is 59.0 Å². The third kappa shape index (κ3) is 2.88. The maximum absolute atomic E-state index is 3.87. The van der Waals surface area contributed by atoms with Gasteiger partial charge < -0.3 is 0 Å². The van der Waals surface area contributed by atoms with Crippen molar-refractivity contribution >= 4 is 27.7 Å². The van der Waals surface area contributed by atoms with Gasteiger partial charge in [0.25, 0.3) is 0 Å². The fourth-order valence-electron chi connectivity index (χ4n) is 0.686. The molecular weight excluding hydrogens is 232 g/mol. The van der Waals surface area contributed by atoms with Crippen LogP contribution in [0.25, 0.3) is 0 Å². The van der Waals surface area contributed by atoms with Gasteiger partial charge in [0.15, 0.2) is 0 Å². The largest absolute Gasteiger partial charge is 0.0896 e. The Morgan fingerprint density at radius 3 is 2.25 bits per heavy atom. The Morgan fingerprint density at radius 2 is 1.75 bits per heavy atom. The van der Waals surface area contributed by atoms with Crippen molar-refractivity contribution in [3.63, 3.8) is 0 Å². The van der Waals surface area contributed by atoms with Crippen LogP contribution in [0.1, 0.15) is 0 Å². The molecule has 12 heavy (non-hydrogen) atoms. The Balaban J connectivity index is 2.65. The lowest BCUT2D eigenvalue weighted by Crippen LogP contribution is -1.72. The SMILES string of the molecule is C=C(Br)C(=C)Sc1ccccc1. The molecule has 0 radical (unpaired) electrons.